The molecule has 2 N–H and O–H groups in total. The molecule has 2 aromatic rings. The van der Waals surface area contributed by atoms with Crippen molar-refractivity contribution in [2.24, 2.45) is 0 Å². The molecule has 1 unspecified atom stereocenters. The summed E-state index contributed by atoms with van der Waals surface area (Å²) in [5.41, 5.74) is 0. The molecule has 0 spiro atoms. The fourth-order valence-electron chi connectivity index (χ4n) is 1.60. The molecule has 5 nitrogen and oxygen atoms in total. The first-order chi connectivity index (χ1) is 9.08. The van der Waals surface area contributed by atoms with E-state index in [0.717, 1.165) is 6.54 Å². The number of hydrogen-bond donors (Lipinski definition) is 2. The third-order valence-electron chi connectivity index (χ3n) is 2.48. The lowest BCUT2D eigenvalue weighted by atomic mass is 10.3. The van der Waals surface area contributed by atoms with Gasteiger partial charge in [0.2, 0.25) is 17.2 Å². The highest BCUT2D eigenvalue weighted by Crippen LogP contribution is 2.25. The highest BCUT2D eigenvalue weighted by Gasteiger charge is 2.11. The van der Waals surface area contributed by atoms with Crippen LogP contribution in [0.1, 0.15) is 29.6 Å². The van der Waals surface area contributed by atoms with E-state index in [0.29, 0.717) is 11.9 Å². The Labute approximate surface area is 121 Å². The molecule has 0 aromatic carbocycles. The van der Waals surface area contributed by atoms with Crippen LogP contribution in [0.15, 0.2) is 12.1 Å². The molecule has 0 fully saturated rings. The average Bonchev–Trinajstić information content (AvgIpc) is 2.75. The summed E-state index contributed by atoms with van der Waals surface area (Å²) < 4.78 is 0. The maximum Gasteiger partial charge on any atom is 0.229 e. The van der Waals surface area contributed by atoms with Gasteiger partial charge in [-0.15, -0.1) is 11.3 Å². The van der Waals surface area contributed by atoms with Crippen LogP contribution in [-0.4, -0.2) is 21.5 Å². The van der Waals surface area contributed by atoms with Gasteiger partial charge in [-0.05, 0) is 44.5 Å². The summed E-state index contributed by atoms with van der Waals surface area (Å²) in [7, 11) is 0. The topological polar surface area (TPSA) is 62.7 Å². The molecular weight excluding hydrogens is 282 g/mol. The lowest BCUT2D eigenvalue weighted by Crippen LogP contribution is -2.11. The molecule has 0 saturated heterocycles. The Hall–Kier alpha value is -1.40. The fourth-order valence-corrected chi connectivity index (χ4v) is 2.64. The first kappa shape index (κ1) is 14.0. The van der Waals surface area contributed by atoms with E-state index in [4.69, 9.17) is 11.6 Å². The minimum atomic E-state index is 0.131. The molecule has 102 valence electrons. The summed E-state index contributed by atoms with van der Waals surface area (Å²) >= 11 is 7.63. The van der Waals surface area contributed by atoms with Gasteiger partial charge < -0.3 is 10.6 Å². The SMILES string of the molecule is CCNc1nc(Cl)nc(NC(C)c2ccc(C)s2)n1. The monoisotopic (exact) mass is 297 g/mol. The predicted molar refractivity (Wildman–Crippen MR) is 80.1 cm³/mol. The van der Waals surface area contributed by atoms with Crippen LogP contribution in [0.5, 0.6) is 0 Å². The van der Waals surface area contributed by atoms with Crippen LogP contribution >= 0.6 is 22.9 Å². The van der Waals surface area contributed by atoms with Crippen molar-refractivity contribution in [1.29, 1.82) is 0 Å². The van der Waals surface area contributed by atoms with E-state index in [2.05, 4.69) is 51.6 Å². The Balaban J connectivity index is 2.14. The Kier molecular flexibility index (Phi) is 4.55. The number of thiophene rings is 1. The number of aryl methyl sites for hydroxylation is 1. The number of nitrogens with one attached hydrogen (secondary N) is 2. The molecule has 0 aliphatic heterocycles. The van der Waals surface area contributed by atoms with E-state index in [9.17, 15) is 0 Å². The predicted octanol–water partition coefficient (Wildman–Crippen LogP) is 3.50. The van der Waals surface area contributed by atoms with Crippen LogP contribution in [0.2, 0.25) is 5.28 Å². The second kappa shape index (κ2) is 6.16. The summed E-state index contributed by atoms with van der Waals surface area (Å²) in [6, 6.07) is 4.33. The van der Waals surface area contributed by atoms with Crippen LogP contribution < -0.4 is 10.6 Å². The van der Waals surface area contributed by atoms with Gasteiger partial charge in [-0.1, -0.05) is 0 Å². The molecule has 0 aliphatic carbocycles. The summed E-state index contributed by atoms with van der Waals surface area (Å²) in [6.07, 6.45) is 0. The zero-order valence-corrected chi connectivity index (χ0v) is 12.6. The summed E-state index contributed by atoms with van der Waals surface area (Å²) in [4.78, 5) is 14.9. The van der Waals surface area contributed by atoms with Crippen molar-refractivity contribution in [2.45, 2.75) is 26.8 Å². The van der Waals surface area contributed by atoms with Gasteiger partial charge in [0.25, 0.3) is 0 Å². The van der Waals surface area contributed by atoms with Gasteiger partial charge in [0.1, 0.15) is 0 Å². The third-order valence-corrected chi connectivity index (χ3v) is 3.83. The lowest BCUT2D eigenvalue weighted by molar-refractivity contribution is 0.871. The van der Waals surface area contributed by atoms with Crippen LogP contribution in [0.3, 0.4) is 0 Å². The number of anilines is 2. The van der Waals surface area contributed by atoms with Crippen molar-refractivity contribution >= 4 is 34.8 Å². The number of rotatable bonds is 5. The molecule has 1 atom stereocenters. The lowest BCUT2D eigenvalue weighted by Gasteiger charge is -2.12. The number of aromatic nitrogens is 3. The van der Waals surface area contributed by atoms with Crippen LogP contribution in [0.4, 0.5) is 11.9 Å². The Morgan fingerprint density at radius 1 is 1.26 bits per heavy atom. The molecule has 19 heavy (non-hydrogen) atoms. The summed E-state index contributed by atoms with van der Waals surface area (Å²) in [6.45, 7) is 6.86. The van der Waals surface area contributed by atoms with Gasteiger partial charge in [0.15, 0.2) is 0 Å². The van der Waals surface area contributed by atoms with E-state index in [-0.39, 0.29) is 11.3 Å². The first-order valence-corrected chi connectivity index (χ1v) is 7.26. The number of nitrogens with zero attached hydrogens (tertiary/aromatic N) is 3. The standard InChI is InChI=1S/C12H16ClN5S/c1-4-14-11-16-10(13)17-12(18-11)15-8(3)9-6-5-7(2)19-9/h5-6,8H,4H2,1-3H3,(H2,14,15,16,17,18). The van der Waals surface area contributed by atoms with Crippen molar-refractivity contribution < 1.29 is 0 Å². The second-order valence-electron chi connectivity index (χ2n) is 4.10. The minimum absolute atomic E-state index is 0.131. The highest BCUT2D eigenvalue weighted by molar-refractivity contribution is 7.12. The average molecular weight is 298 g/mol. The second-order valence-corrected chi connectivity index (χ2v) is 5.75. The molecule has 2 rings (SSSR count). The van der Waals surface area contributed by atoms with Gasteiger partial charge in [0.05, 0.1) is 6.04 Å². The molecule has 7 heteroatoms. The van der Waals surface area contributed by atoms with Gasteiger partial charge in [0, 0.05) is 16.3 Å². The molecule has 0 amide bonds. The van der Waals surface area contributed by atoms with Gasteiger partial charge in [-0.2, -0.15) is 15.0 Å². The zero-order chi connectivity index (χ0) is 13.8. The zero-order valence-electron chi connectivity index (χ0n) is 11.1. The van der Waals surface area contributed by atoms with Crippen molar-refractivity contribution in [2.75, 3.05) is 17.2 Å². The third kappa shape index (κ3) is 3.78. The summed E-state index contributed by atoms with van der Waals surface area (Å²) in [5, 5.41) is 6.44. The Morgan fingerprint density at radius 3 is 2.63 bits per heavy atom. The maximum absolute atomic E-state index is 5.88. The van der Waals surface area contributed by atoms with Crippen molar-refractivity contribution in [3.8, 4) is 0 Å². The molecule has 2 aromatic heterocycles. The Morgan fingerprint density at radius 2 is 2.00 bits per heavy atom. The molecule has 0 bridgehead atoms. The van der Waals surface area contributed by atoms with Crippen molar-refractivity contribution in [1.82, 2.24) is 15.0 Å². The van der Waals surface area contributed by atoms with E-state index in [1.807, 2.05) is 6.92 Å². The largest absolute Gasteiger partial charge is 0.354 e. The smallest absolute Gasteiger partial charge is 0.229 e. The van der Waals surface area contributed by atoms with Crippen molar-refractivity contribution in [3.05, 3.63) is 27.2 Å². The van der Waals surface area contributed by atoms with Gasteiger partial charge >= 0.3 is 0 Å². The molecule has 0 radical (unpaired) electrons. The van der Waals surface area contributed by atoms with Crippen molar-refractivity contribution in [3.63, 3.8) is 0 Å². The molecule has 0 aliphatic rings. The molecule has 2 heterocycles. The van der Waals surface area contributed by atoms with E-state index in [1.165, 1.54) is 9.75 Å². The van der Waals surface area contributed by atoms with Gasteiger partial charge in [-0.25, -0.2) is 0 Å². The van der Waals surface area contributed by atoms with E-state index >= 15 is 0 Å². The maximum atomic E-state index is 5.88. The number of hydrogen-bond acceptors (Lipinski definition) is 6. The summed E-state index contributed by atoms with van der Waals surface area (Å²) in [5.74, 6) is 0.967. The van der Waals surface area contributed by atoms with Gasteiger partial charge in [-0.3, -0.25) is 0 Å². The van der Waals surface area contributed by atoms with E-state index in [1.54, 1.807) is 11.3 Å². The number of halogens is 1. The first-order valence-electron chi connectivity index (χ1n) is 6.06. The van der Waals surface area contributed by atoms with E-state index < -0.39 is 0 Å². The Bertz CT molecular complexity index is 557. The quantitative estimate of drug-likeness (QED) is 0.884. The highest BCUT2D eigenvalue weighted by atomic mass is 35.5. The fraction of sp³-hybridized carbons (Fsp3) is 0.417. The normalized spacial score (nSPS) is 12.2. The van der Waals surface area contributed by atoms with Crippen LogP contribution in [0, 0.1) is 6.92 Å². The molecular formula is C12H16ClN5S. The minimum Gasteiger partial charge on any atom is -0.354 e. The molecule has 0 saturated carbocycles. The van der Waals surface area contributed by atoms with Crippen LogP contribution in [-0.2, 0) is 0 Å². The van der Waals surface area contributed by atoms with Crippen LogP contribution in [0.25, 0.3) is 0 Å².